The summed E-state index contributed by atoms with van der Waals surface area (Å²) in [5.74, 6) is 0. The Kier molecular flexibility index (Phi) is 7.93. The van der Waals surface area contributed by atoms with E-state index in [4.69, 9.17) is 4.74 Å². The first kappa shape index (κ1) is 26.3. The Morgan fingerprint density at radius 2 is 1.74 bits per heavy atom. The summed E-state index contributed by atoms with van der Waals surface area (Å²) >= 11 is 1.33. The largest absolute Gasteiger partial charge is 0.447 e. The van der Waals surface area contributed by atoms with Gasteiger partial charge in [-0.05, 0) is 71.0 Å². The molecule has 35 heavy (non-hydrogen) atoms. The van der Waals surface area contributed by atoms with Crippen LogP contribution in [-0.2, 0) is 19.6 Å². The molecule has 3 rings (SSSR count). The van der Waals surface area contributed by atoms with Gasteiger partial charge in [0, 0.05) is 34.2 Å². The fourth-order valence-corrected chi connectivity index (χ4v) is 5.85. The van der Waals surface area contributed by atoms with Crippen LogP contribution in [0.2, 0.25) is 0 Å². The molecule has 1 heterocycles. The Hall–Kier alpha value is -3.28. The van der Waals surface area contributed by atoms with Gasteiger partial charge in [0.2, 0.25) is 16.4 Å². The summed E-state index contributed by atoms with van der Waals surface area (Å²) < 4.78 is 34.1. The van der Waals surface area contributed by atoms with Gasteiger partial charge in [-0.2, -0.15) is 0 Å². The number of sulfonamides is 1. The number of benzene rings is 2. The topological polar surface area (TPSA) is 126 Å². The van der Waals surface area contributed by atoms with Gasteiger partial charge in [-0.15, -0.1) is 11.3 Å². The molecule has 0 atom stereocenters. The number of carbonyl (C=O) groups excluding carboxylic acids is 2. The maximum atomic E-state index is 13.2. The molecule has 0 saturated heterocycles. The molecule has 0 radical (unpaired) electrons. The van der Waals surface area contributed by atoms with Crippen LogP contribution in [0.1, 0.15) is 34.6 Å². The van der Waals surface area contributed by atoms with Crippen molar-refractivity contribution in [1.29, 1.82) is 0 Å². The number of amides is 2. The van der Waals surface area contributed by atoms with Gasteiger partial charge < -0.3 is 10.1 Å². The number of thiazole rings is 1. The van der Waals surface area contributed by atoms with Crippen molar-refractivity contribution in [3.63, 3.8) is 0 Å². The number of nitrogens with zero attached hydrogens (tertiary/aromatic N) is 1. The Balaban J connectivity index is 1.93. The van der Waals surface area contributed by atoms with Crippen molar-refractivity contribution in [3.05, 3.63) is 48.7 Å². The highest BCUT2D eigenvalue weighted by Gasteiger charge is 2.26. The number of rotatable bonds is 8. The number of anilines is 2. The molecular formula is C24H28N4O5S2. The molecule has 0 aliphatic carbocycles. The molecule has 0 spiro atoms. The summed E-state index contributed by atoms with van der Waals surface area (Å²) in [5, 5.41) is 5.84. The van der Waals surface area contributed by atoms with Crippen LogP contribution >= 0.6 is 11.3 Å². The summed E-state index contributed by atoms with van der Waals surface area (Å²) in [6.07, 6.45) is 1.35. The van der Waals surface area contributed by atoms with Crippen molar-refractivity contribution in [3.8, 4) is 21.0 Å². The van der Waals surface area contributed by atoms with E-state index in [1.54, 1.807) is 65.1 Å². The quantitative estimate of drug-likeness (QED) is 0.359. The summed E-state index contributed by atoms with van der Waals surface area (Å²) in [6, 6.07) is 11.8. The predicted molar refractivity (Wildman–Crippen MR) is 138 cm³/mol. The molecule has 2 amide bonds. The second-order valence-corrected chi connectivity index (χ2v) is 11.7. The first-order valence-electron chi connectivity index (χ1n) is 10.8. The van der Waals surface area contributed by atoms with E-state index in [2.05, 4.69) is 20.3 Å². The van der Waals surface area contributed by atoms with E-state index < -0.39 is 21.7 Å². The van der Waals surface area contributed by atoms with E-state index >= 15 is 0 Å². The van der Waals surface area contributed by atoms with Crippen LogP contribution in [0, 0.1) is 0 Å². The monoisotopic (exact) mass is 516 g/mol. The Morgan fingerprint density at radius 3 is 2.34 bits per heavy atom. The first-order chi connectivity index (χ1) is 16.4. The normalized spacial score (nSPS) is 11.8. The van der Waals surface area contributed by atoms with Gasteiger partial charge in [-0.1, -0.05) is 6.07 Å². The molecule has 11 heteroatoms. The molecule has 186 valence electrons. The second kappa shape index (κ2) is 10.5. The van der Waals surface area contributed by atoms with Crippen molar-refractivity contribution >= 4 is 45.2 Å². The van der Waals surface area contributed by atoms with Crippen LogP contribution in [0.4, 0.5) is 16.2 Å². The fraction of sp³-hybridized carbons (Fsp3) is 0.292. The third-order valence-corrected chi connectivity index (χ3v) is 7.31. The Morgan fingerprint density at radius 1 is 1.09 bits per heavy atom. The van der Waals surface area contributed by atoms with Gasteiger partial charge in [0.15, 0.2) is 0 Å². The predicted octanol–water partition coefficient (Wildman–Crippen LogP) is 5.08. The Bertz CT molecular complexity index is 1310. The van der Waals surface area contributed by atoms with Crippen molar-refractivity contribution in [1.82, 2.24) is 9.71 Å². The molecular weight excluding hydrogens is 488 g/mol. The van der Waals surface area contributed by atoms with Gasteiger partial charge >= 0.3 is 6.09 Å². The molecule has 0 unspecified atom stereocenters. The minimum Gasteiger partial charge on any atom is -0.447 e. The number of ether oxygens (including phenoxy) is 1. The van der Waals surface area contributed by atoms with Gasteiger partial charge in [0.25, 0.3) is 0 Å². The molecule has 0 bridgehead atoms. The molecule has 3 N–H and O–H groups in total. The third-order valence-electron chi connectivity index (χ3n) is 4.43. The number of nitrogens with one attached hydrogen (secondary N) is 3. The lowest BCUT2D eigenvalue weighted by Crippen LogP contribution is -2.40. The summed E-state index contributed by atoms with van der Waals surface area (Å²) in [7, 11) is -3.90. The molecule has 3 aromatic rings. The SMILES string of the molecule is CC(C)OC(=O)Nc1ccc(-c2ncc(-c3ccc(NC=O)cc3S(=O)(=O)NC(C)(C)C)s2)cc1. The van der Waals surface area contributed by atoms with Gasteiger partial charge in [-0.25, -0.2) is 22.9 Å². The lowest BCUT2D eigenvalue weighted by molar-refractivity contribution is -0.105. The van der Waals surface area contributed by atoms with Crippen LogP contribution in [-0.4, -0.2) is 37.5 Å². The molecule has 1 aromatic heterocycles. The highest BCUT2D eigenvalue weighted by Crippen LogP contribution is 2.37. The third kappa shape index (κ3) is 7.10. The lowest BCUT2D eigenvalue weighted by atomic mass is 10.1. The van der Waals surface area contributed by atoms with Crippen LogP contribution in [0.5, 0.6) is 0 Å². The van der Waals surface area contributed by atoms with Crippen molar-refractivity contribution < 1.29 is 22.7 Å². The summed E-state index contributed by atoms with van der Waals surface area (Å²) in [6.45, 7) is 8.80. The van der Waals surface area contributed by atoms with E-state index in [0.29, 0.717) is 33.2 Å². The minimum atomic E-state index is -3.90. The zero-order valence-electron chi connectivity index (χ0n) is 20.1. The zero-order chi connectivity index (χ0) is 25.8. The maximum Gasteiger partial charge on any atom is 0.411 e. The van der Waals surface area contributed by atoms with Crippen LogP contribution < -0.4 is 15.4 Å². The van der Waals surface area contributed by atoms with E-state index in [1.807, 2.05) is 12.1 Å². The first-order valence-corrected chi connectivity index (χ1v) is 13.1. The standard InChI is InChI=1S/C24H28N4O5S2/c1-15(2)33-23(30)27-17-8-6-16(7-9-17)22-25-13-20(34-22)19-11-10-18(26-14-29)12-21(19)35(31,32)28-24(3,4)5/h6-15,28H,1-5H3,(H,26,29)(H,27,30). The van der Waals surface area contributed by atoms with Crippen LogP contribution in [0.3, 0.4) is 0 Å². The van der Waals surface area contributed by atoms with E-state index in [0.717, 1.165) is 5.56 Å². The van der Waals surface area contributed by atoms with Crippen LogP contribution in [0.15, 0.2) is 53.6 Å². The number of aromatic nitrogens is 1. The summed E-state index contributed by atoms with van der Waals surface area (Å²) in [4.78, 5) is 27.8. The molecule has 0 saturated carbocycles. The lowest BCUT2D eigenvalue weighted by Gasteiger charge is -2.21. The van der Waals surface area contributed by atoms with Gasteiger partial charge in [-0.3, -0.25) is 10.1 Å². The molecule has 0 fully saturated rings. The highest BCUT2D eigenvalue weighted by atomic mass is 32.2. The minimum absolute atomic E-state index is 0.0395. The van der Waals surface area contributed by atoms with Crippen molar-refractivity contribution in [2.24, 2.45) is 0 Å². The van der Waals surface area contributed by atoms with Crippen molar-refractivity contribution in [2.75, 3.05) is 10.6 Å². The second-order valence-electron chi connectivity index (χ2n) is 9.01. The van der Waals surface area contributed by atoms with Crippen molar-refractivity contribution in [2.45, 2.75) is 51.2 Å². The molecule has 0 aliphatic heterocycles. The van der Waals surface area contributed by atoms with E-state index in [-0.39, 0.29) is 11.0 Å². The zero-order valence-corrected chi connectivity index (χ0v) is 21.7. The average Bonchev–Trinajstić information content (AvgIpc) is 3.22. The number of hydrogen-bond acceptors (Lipinski definition) is 7. The maximum absolute atomic E-state index is 13.2. The number of carbonyl (C=O) groups is 2. The van der Waals surface area contributed by atoms with Crippen LogP contribution in [0.25, 0.3) is 21.0 Å². The molecule has 2 aromatic carbocycles. The molecule has 9 nitrogen and oxygen atoms in total. The molecule has 0 aliphatic rings. The Labute approximate surface area is 209 Å². The average molecular weight is 517 g/mol. The van der Waals surface area contributed by atoms with E-state index in [9.17, 15) is 18.0 Å². The number of hydrogen-bond donors (Lipinski definition) is 3. The van der Waals surface area contributed by atoms with E-state index in [1.165, 1.54) is 17.4 Å². The fourth-order valence-electron chi connectivity index (χ4n) is 3.15. The van der Waals surface area contributed by atoms with Gasteiger partial charge in [0.1, 0.15) is 5.01 Å². The highest BCUT2D eigenvalue weighted by molar-refractivity contribution is 7.89. The summed E-state index contributed by atoms with van der Waals surface area (Å²) in [5.41, 5.74) is 1.52. The van der Waals surface area contributed by atoms with Gasteiger partial charge in [0.05, 0.1) is 15.9 Å². The smallest absolute Gasteiger partial charge is 0.411 e.